The minimum Gasteiger partial charge on any atom is -0.379 e. The summed E-state index contributed by atoms with van der Waals surface area (Å²) < 4.78 is 0. The number of amides is 1. The number of nitrogens with one attached hydrogen (secondary N) is 3. The van der Waals surface area contributed by atoms with E-state index in [9.17, 15) is 4.79 Å². The average molecular weight is 191 g/mol. The van der Waals surface area contributed by atoms with Gasteiger partial charge in [-0.25, -0.2) is 0 Å². The van der Waals surface area contributed by atoms with Crippen molar-refractivity contribution in [2.45, 2.75) is 13.1 Å². The highest BCUT2D eigenvalue weighted by Crippen LogP contribution is 2.24. The van der Waals surface area contributed by atoms with Crippen LogP contribution in [0.2, 0.25) is 0 Å². The Morgan fingerprint density at radius 2 is 2.14 bits per heavy atom. The Kier molecular flexibility index (Phi) is 2.26. The predicted octanol–water partition coefficient (Wildman–Crippen LogP) is 0.986. The summed E-state index contributed by atoms with van der Waals surface area (Å²) >= 11 is 0. The fourth-order valence-electron chi connectivity index (χ4n) is 1.55. The molecule has 1 amide bonds. The van der Waals surface area contributed by atoms with Gasteiger partial charge in [-0.15, -0.1) is 0 Å². The Hall–Kier alpha value is -1.71. The molecule has 1 aromatic carbocycles. The number of benzene rings is 1. The summed E-state index contributed by atoms with van der Waals surface area (Å²) in [7, 11) is 0. The van der Waals surface area contributed by atoms with Crippen LogP contribution >= 0.6 is 0 Å². The third-order valence-corrected chi connectivity index (χ3v) is 2.13. The first-order valence-corrected chi connectivity index (χ1v) is 4.62. The third-order valence-electron chi connectivity index (χ3n) is 2.13. The highest BCUT2D eigenvalue weighted by Gasteiger charge is 2.16. The van der Waals surface area contributed by atoms with E-state index in [1.165, 1.54) is 6.92 Å². The second-order valence-corrected chi connectivity index (χ2v) is 3.32. The zero-order valence-corrected chi connectivity index (χ0v) is 8.00. The molecule has 1 heterocycles. The molecule has 0 aromatic heterocycles. The molecule has 0 aliphatic carbocycles. The molecule has 14 heavy (non-hydrogen) atoms. The fraction of sp³-hybridized carbons (Fsp3) is 0.300. The highest BCUT2D eigenvalue weighted by molar-refractivity contribution is 5.76. The van der Waals surface area contributed by atoms with Crippen molar-refractivity contribution in [1.29, 1.82) is 0 Å². The molecule has 1 aliphatic rings. The number of para-hydroxylation sites is 2. The van der Waals surface area contributed by atoms with E-state index in [1.54, 1.807) is 0 Å². The van der Waals surface area contributed by atoms with Gasteiger partial charge < -0.3 is 16.0 Å². The van der Waals surface area contributed by atoms with E-state index < -0.39 is 0 Å². The first kappa shape index (κ1) is 8.87. The minimum atomic E-state index is -0.0256. The van der Waals surface area contributed by atoms with Crippen LogP contribution in [0.3, 0.4) is 0 Å². The van der Waals surface area contributed by atoms with E-state index in [1.807, 2.05) is 24.3 Å². The van der Waals surface area contributed by atoms with Gasteiger partial charge in [0.2, 0.25) is 5.91 Å². The molecule has 0 saturated heterocycles. The van der Waals surface area contributed by atoms with E-state index >= 15 is 0 Å². The first-order valence-electron chi connectivity index (χ1n) is 4.62. The van der Waals surface area contributed by atoms with Gasteiger partial charge >= 0.3 is 0 Å². The van der Waals surface area contributed by atoms with Gasteiger partial charge in [-0.05, 0) is 12.1 Å². The Morgan fingerprint density at radius 3 is 2.86 bits per heavy atom. The molecule has 2 rings (SSSR count). The van der Waals surface area contributed by atoms with Crippen molar-refractivity contribution in [3.8, 4) is 0 Å². The van der Waals surface area contributed by atoms with Crippen LogP contribution in [0.5, 0.6) is 0 Å². The van der Waals surface area contributed by atoms with Crippen LogP contribution in [-0.4, -0.2) is 18.6 Å². The number of anilines is 2. The SMILES string of the molecule is CC(=O)NC1CNc2ccccc2N1. The summed E-state index contributed by atoms with van der Waals surface area (Å²) in [5.74, 6) is -0.0244. The number of carbonyl (C=O) groups excluding carboxylic acids is 1. The van der Waals surface area contributed by atoms with E-state index in [2.05, 4.69) is 16.0 Å². The smallest absolute Gasteiger partial charge is 0.218 e. The molecular weight excluding hydrogens is 178 g/mol. The topological polar surface area (TPSA) is 53.2 Å². The van der Waals surface area contributed by atoms with Gasteiger partial charge in [0, 0.05) is 6.92 Å². The van der Waals surface area contributed by atoms with Crippen molar-refractivity contribution in [1.82, 2.24) is 5.32 Å². The summed E-state index contributed by atoms with van der Waals surface area (Å²) in [4.78, 5) is 10.8. The molecule has 4 heteroatoms. The van der Waals surface area contributed by atoms with Crippen LogP contribution in [0.15, 0.2) is 24.3 Å². The molecule has 0 bridgehead atoms. The number of carbonyl (C=O) groups is 1. The largest absolute Gasteiger partial charge is 0.379 e. The summed E-state index contributed by atoms with van der Waals surface area (Å²) in [6.45, 7) is 2.22. The van der Waals surface area contributed by atoms with Crippen LogP contribution in [0, 0.1) is 0 Å². The predicted molar refractivity (Wildman–Crippen MR) is 56.2 cm³/mol. The normalized spacial score (nSPS) is 18.8. The Balaban J connectivity index is 2.09. The second-order valence-electron chi connectivity index (χ2n) is 3.32. The van der Waals surface area contributed by atoms with E-state index in [0.717, 1.165) is 11.4 Å². The van der Waals surface area contributed by atoms with Gasteiger partial charge in [0.15, 0.2) is 0 Å². The lowest BCUT2D eigenvalue weighted by atomic mass is 10.2. The maximum atomic E-state index is 10.8. The molecule has 0 radical (unpaired) electrons. The van der Waals surface area contributed by atoms with E-state index in [4.69, 9.17) is 0 Å². The zero-order chi connectivity index (χ0) is 9.97. The highest BCUT2D eigenvalue weighted by atomic mass is 16.1. The average Bonchev–Trinajstić information content (AvgIpc) is 2.17. The van der Waals surface area contributed by atoms with Gasteiger partial charge in [-0.2, -0.15) is 0 Å². The molecule has 4 nitrogen and oxygen atoms in total. The fourth-order valence-corrected chi connectivity index (χ4v) is 1.55. The lowest BCUT2D eigenvalue weighted by Crippen LogP contribution is -2.46. The van der Waals surface area contributed by atoms with Gasteiger partial charge in [0.05, 0.1) is 17.9 Å². The lowest BCUT2D eigenvalue weighted by molar-refractivity contribution is -0.119. The van der Waals surface area contributed by atoms with Crippen molar-refractivity contribution in [3.05, 3.63) is 24.3 Å². The minimum absolute atomic E-state index is 0.0244. The van der Waals surface area contributed by atoms with E-state index in [0.29, 0.717) is 6.54 Å². The van der Waals surface area contributed by atoms with Crippen LogP contribution in [-0.2, 0) is 4.79 Å². The zero-order valence-electron chi connectivity index (χ0n) is 8.00. The number of fused-ring (bicyclic) bond motifs is 1. The van der Waals surface area contributed by atoms with E-state index in [-0.39, 0.29) is 12.1 Å². The summed E-state index contributed by atoms with van der Waals surface area (Å²) in [5, 5.41) is 9.28. The lowest BCUT2D eigenvalue weighted by Gasteiger charge is -2.28. The molecule has 1 atom stereocenters. The summed E-state index contributed by atoms with van der Waals surface area (Å²) in [6.07, 6.45) is -0.0256. The van der Waals surface area contributed by atoms with Crippen molar-refractivity contribution in [2.75, 3.05) is 17.2 Å². The quantitative estimate of drug-likeness (QED) is 0.620. The van der Waals surface area contributed by atoms with Crippen molar-refractivity contribution >= 4 is 17.3 Å². The number of hydrogen-bond donors (Lipinski definition) is 3. The second kappa shape index (κ2) is 3.57. The molecule has 1 unspecified atom stereocenters. The number of rotatable bonds is 1. The van der Waals surface area contributed by atoms with Crippen LogP contribution in [0.25, 0.3) is 0 Å². The first-order chi connectivity index (χ1) is 6.75. The maximum Gasteiger partial charge on any atom is 0.218 e. The summed E-state index contributed by atoms with van der Waals surface area (Å²) in [5.41, 5.74) is 2.10. The molecule has 3 N–H and O–H groups in total. The monoisotopic (exact) mass is 191 g/mol. The molecule has 74 valence electrons. The van der Waals surface area contributed by atoms with Gasteiger partial charge in [-0.3, -0.25) is 4.79 Å². The molecule has 0 saturated carbocycles. The van der Waals surface area contributed by atoms with Crippen LogP contribution in [0.4, 0.5) is 11.4 Å². The van der Waals surface area contributed by atoms with Gasteiger partial charge in [-0.1, -0.05) is 12.1 Å². The molecule has 1 aromatic rings. The molecule has 0 fully saturated rings. The van der Waals surface area contributed by atoms with Crippen molar-refractivity contribution in [2.24, 2.45) is 0 Å². The Labute approximate surface area is 82.7 Å². The summed E-state index contributed by atoms with van der Waals surface area (Å²) in [6, 6.07) is 7.93. The van der Waals surface area contributed by atoms with Crippen LogP contribution in [0.1, 0.15) is 6.92 Å². The Morgan fingerprint density at radius 1 is 1.43 bits per heavy atom. The third kappa shape index (κ3) is 1.79. The maximum absolute atomic E-state index is 10.8. The standard InChI is InChI=1S/C10H13N3O/c1-7(14)12-10-6-11-8-4-2-3-5-9(8)13-10/h2-5,10-11,13H,6H2,1H3,(H,12,14). The number of hydrogen-bond acceptors (Lipinski definition) is 3. The van der Waals surface area contributed by atoms with Gasteiger partial charge in [0.1, 0.15) is 6.17 Å². The van der Waals surface area contributed by atoms with Gasteiger partial charge in [0.25, 0.3) is 0 Å². The molecule has 0 spiro atoms. The molecule has 1 aliphatic heterocycles. The Bertz CT molecular complexity index is 351. The van der Waals surface area contributed by atoms with Crippen LogP contribution < -0.4 is 16.0 Å². The van der Waals surface area contributed by atoms with Crippen molar-refractivity contribution < 1.29 is 4.79 Å². The molecular formula is C10H13N3O. The van der Waals surface area contributed by atoms with Crippen molar-refractivity contribution in [3.63, 3.8) is 0 Å².